The molecule has 1 aliphatic heterocycles. The number of likely N-dealkylation sites (tertiary alicyclic amines) is 1. The Labute approximate surface area is 141 Å². The number of halogens is 1. The van der Waals surface area contributed by atoms with Crippen molar-refractivity contribution >= 4 is 23.4 Å². The minimum Gasteiger partial charge on any atom is -0.496 e. The van der Waals surface area contributed by atoms with Crippen LogP contribution in [0.4, 0.5) is 0 Å². The van der Waals surface area contributed by atoms with Crippen LogP contribution in [0.3, 0.4) is 0 Å². The van der Waals surface area contributed by atoms with Gasteiger partial charge in [0.1, 0.15) is 5.75 Å². The molecule has 0 saturated carbocycles. The van der Waals surface area contributed by atoms with Crippen LogP contribution < -0.4 is 10.5 Å². The van der Waals surface area contributed by atoms with E-state index in [2.05, 4.69) is 0 Å². The number of carbonyl (C=O) groups is 2. The van der Waals surface area contributed by atoms with Gasteiger partial charge in [-0.15, -0.1) is 0 Å². The van der Waals surface area contributed by atoms with Crippen molar-refractivity contribution in [3.05, 3.63) is 27.8 Å². The lowest BCUT2D eigenvalue weighted by molar-refractivity contribution is -0.134. The quantitative estimate of drug-likeness (QED) is 0.915. The highest BCUT2D eigenvalue weighted by atomic mass is 35.5. The number of nitrogens with two attached hydrogens (primary N) is 1. The summed E-state index contributed by atoms with van der Waals surface area (Å²) in [5.41, 5.74) is 7.96. The molecular weight excluding hydrogens is 316 g/mol. The number of hydrogen-bond acceptors (Lipinski definition) is 3. The predicted octanol–water partition coefficient (Wildman–Crippen LogP) is 2.23. The Kier molecular flexibility index (Phi) is 5.52. The SMILES string of the molecule is COc1cc(C)c(Cl)c(C)c1CC(=O)N1CCC(C(N)=O)CC1. The molecule has 0 aromatic heterocycles. The number of rotatable bonds is 4. The summed E-state index contributed by atoms with van der Waals surface area (Å²) in [7, 11) is 1.59. The summed E-state index contributed by atoms with van der Waals surface area (Å²) >= 11 is 6.30. The average Bonchev–Trinajstić information content (AvgIpc) is 2.55. The minimum atomic E-state index is -0.278. The molecule has 126 valence electrons. The van der Waals surface area contributed by atoms with Gasteiger partial charge in [-0.1, -0.05) is 11.6 Å². The van der Waals surface area contributed by atoms with Crippen LogP contribution in [0, 0.1) is 19.8 Å². The van der Waals surface area contributed by atoms with E-state index >= 15 is 0 Å². The lowest BCUT2D eigenvalue weighted by Gasteiger charge is -2.31. The molecule has 2 amide bonds. The average molecular weight is 339 g/mol. The molecule has 1 saturated heterocycles. The summed E-state index contributed by atoms with van der Waals surface area (Å²) in [6, 6.07) is 1.86. The highest BCUT2D eigenvalue weighted by Crippen LogP contribution is 2.32. The van der Waals surface area contributed by atoms with Crippen LogP contribution in [0.25, 0.3) is 0 Å². The maximum absolute atomic E-state index is 12.6. The molecule has 1 fully saturated rings. The van der Waals surface area contributed by atoms with Gasteiger partial charge in [-0.3, -0.25) is 9.59 Å². The van der Waals surface area contributed by atoms with E-state index in [1.54, 1.807) is 12.0 Å². The summed E-state index contributed by atoms with van der Waals surface area (Å²) in [6.07, 6.45) is 1.51. The van der Waals surface area contributed by atoms with Crippen molar-refractivity contribution in [3.8, 4) is 5.75 Å². The topological polar surface area (TPSA) is 72.6 Å². The molecule has 2 N–H and O–H groups in total. The first-order valence-electron chi connectivity index (χ1n) is 7.74. The Hall–Kier alpha value is -1.75. The van der Waals surface area contributed by atoms with Gasteiger partial charge < -0.3 is 15.4 Å². The smallest absolute Gasteiger partial charge is 0.227 e. The van der Waals surface area contributed by atoms with Crippen molar-refractivity contribution in [2.24, 2.45) is 11.7 Å². The summed E-state index contributed by atoms with van der Waals surface area (Å²) < 4.78 is 5.41. The van der Waals surface area contributed by atoms with E-state index < -0.39 is 0 Å². The first-order chi connectivity index (χ1) is 10.8. The maximum Gasteiger partial charge on any atom is 0.227 e. The third-order valence-corrected chi connectivity index (χ3v) is 5.15. The van der Waals surface area contributed by atoms with Crippen molar-refractivity contribution < 1.29 is 14.3 Å². The Morgan fingerprint density at radius 2 is 1.96 bits per heavy atom. The predicted molar refractivity (Wildman–Crippen MR) is 89.7 cm³/mol. The van der Waals surface area contributed by atoms with Crippen molar-refractivity contribution in [2.45, 2.75) is 33.1 Å². The highest BCUT2D eigenvalue weighted by molar-refractivity contribution is 6.32. The molecule has 0 bridgehead atoms. The molecule has 2 rings (SSSR count). The number of hydrogen-bond donors (Lipinski definition) is 1. The van der Waals surface area contributed by atoms with Gasteiger partial charge >= 0.3 is 0 Å². The summed E-state index contributed by atoms with van der Waals surface area (Å²) in [4.78, 5) is 25.6. The third-order valence-electron chi connectivity index (χ3n) is 4.57. The summed E-state index contributed by atoms with van der Waals surface area (Å²) in [5, 5.41) is 0.668. The number of primary amides is 1. The number of aryl methyl sites for hydroxylation is 1. The van der Waals surface area contributed by atoms with Crippen molar-refractivity contribution in [3.63, 3.8) is 0 Å². The molecule has 6 heteroatoms. The lowest BCUT2D eigenvalue weighted by atomic mass is 9.95. The molecule has 5 nitrogen and oxygen atoms in total. The van der Waals surface area contributed by atoms with E-state index in [4.69, 9.17) is 22.1 Å². The van der Waals surface area contributed by atoms with Gasteiger partial charge in [-0.2, -0.15) is 0 Å². The fourth-order valence-electron chi connectivity index (χ4n) is 3.04. The molecule has 23 heavy (non-hydrogen) atoms. The van der Waals surface area contributed by atoms with Gasteiger partial charge in [0.05, 0.1) is 13.5 Å². The van der Waals surface area contributed by atoms with E-state index in [9.17, 15) is 9.59 Å². The van der Waals surface area contributed by atoms with E-state index in [0.29, 0.717) is 36.7 Å². The Bertz CT molecular complexity index is 623. The Morgan fingerprint density at radius 1 is 1.35 bits per heavy atom. The third kappa shape index (κ3) is 3.78. The molecule has 0 unspecified atom stereocenters. The summed E-state index contributed by atoms with van der Waals surface area (Å²) in [5.74, 6) is 0.308. The van der Waals surface area contributed by atoms with Gasteiger partial charge in [-0.05, 0) is 43.9 Å². The number of methoxy groups -OCH3 is 1. The molecular formula is C17H23ClN2O3. The lowest BCUT2D eigenvalue weighted by Crippen LogP contribution is -2.42. The summed E-state index contributed by atoms with van der Waals surface area (Å²) in [6.45, 7) is 4.94. The number of benzene rings is 1. The molecule has 0 radical (unpaired) electrons. The molecule has 1 heterocycles. The zero-order valence-electron chi connectivity index (χ0n) is 13.8. The van der Waals surface area contributed by atoms with E-state index in [-0.39, 0.29) is 24.2 Å². The Balaban J connectivity index is 2.12. The normalized spacial score (nSPS) is 15.6. The van der Waals surface area contributed by atoms with Gasteiger partial charge in [-0.25, -0.2) is 0 Å². The first-order valence-corrected chi connectivity index (χ1v) is 8.12. The van der Waals surface area contributed by atoms with Gasteiger partial charge in [0, 0.05) is 29.6 Å². The van der Waals surface area contributed by atoms with Crippen molar-refractivity contribution in [2.75, 3.05) is 20.2 Å². The zero-order chi connectivity index (χ0) is 17.1. The van der Waals surface area contributed by atoms with Gasteiger partial charge in [0.25, 0.3) is 0 Å². The highest BCUT2D eigenvalue weighted by Gasteiger charge is 2.27. The van der Waals surface area contributed by atoms with E-state index in [1.165, 1.54) is 0 Å². The molecule has 1 aromatic carbocycles. The zero-order valence-corrected chi connectivity index (χ0v) is 14.6. The fourth-order valence-corrected chi connectivity index (χ4v) is 3.21. The van der Waals surface area contributed by atoms with Crippen LogP contribution in [-0.4, -0.2) is 36.9 Å². The minimum absolute atomic E-state index is 0.0224. The molecule has 0 aliphatic carbocycles. The standard InChI is InChI=1S/C17H23ClN2O3/c1-10-8-14(23-3)13(11(2)16(10)18)9-15(21)20-6-4-12(5-7-20)17(19)22/h8,12H,4-7,9H2,1-3H3,(H2,19,22). The number of amides is 2. The molecule has 1 aromatic rings. The maximum atomic E-state index is 12.6. The monoisotopic (exact) mass is 338 g/mol. The molecule has 0 atom stereocenters. The van der Waals surface area contributed by atoms with Crippen LogP contribution in [0.1, 0.15) is 29.5 Å². The number of ether oxygens (including phenoxy) is 1. The van der Waals surface area contributed by atoms with Crippen LogP contribution in [0.15, 0.2) is 6.07 Å². The van der Waals surface area contributed by atoms with Crippen LogP contribution in [0.2, 0.25) is 5.02 Å². The molecule has 0 spiro atoms. The van der Waals surface area contributed by atoms with Gasteiger partial charge in [0.2, 0.25) is 11.8 Å². The van der Waals surface area contributed by atoms with Crippen LogP contribution in [-0.2, 0) is 16.0 Å². The van der Waals surface area contributed by atoms with E-state index in [0.717, 1.165) is 16.7 Å². The second-order valence-corrected chi connectivity index (χ2v) is 6.43. The fraction of sp³-hybridized carbons (Fsp3) is 0.529. The number of carbonyl (C=O) groups excluding carboxylic acids is 2. The Morgan fingerprint density at radius 3 is 2.48 bits per heavy atom. The first kappa shape index (κ1) is 17.6. The number of nitrogens with zero attached hydrogens (tertiary/aromatic N) is 1. The number of piperidine rings is 1. The second-order valence-electron chi connectivity index (χ2n) is 6.05. The van der Waals surface area contributed by atoms with Crippen molar-refractivity contribution in [1.82, 2.24) is 4.90 Å². The second kappa shape index (κ2) is 7.21. The van der Waals surface area contributed by atoms with E-state index in [1.807, 2.05) is 19.9 Å². The van der Waals surface area contributed by atoms with Crippen molar-refractivity contribution in [1.29, 1.82) is 0 Å². The van der Waals surface area contributed by atoms with Gasteiger partial charge in [0.15, 0.2) is 0 Å². The largest absolute Gasteiger partial charge is 0.496 e. The molecule has 1 aliphatic rings. The van der Waals surface area contributed by atoms with Crippen LogP contribution >= 0.6 is 11.6 Å². The van der Waals surface area contributed by atoms with Crippen LogP contribution in [0.5, 0.6) is 5.75 Å².